The number of carbonyl (C=O) groups is 1. The van der Waals surface area contributed by atoms with Crippen LogP contribution in [0.2, 0.25) is 0 Å². The van der Waals surface area contributed by atoms with E-state index in [-0.39, 0.29) is 24.7 Å². The third-order valence-corrected chi connectivity index (χ3v) is 6.15. The van der Waals surface area contributed by atoms with Crippen molar-refractivity contribution in [2.75, 3.05) is 18.8 Å². The molecule has 8 heteroatoms. The molecule has 0 unspecified atom stereocenters. The molecule has 2 aromatic rings. The lowest BCUT2D eigenvalue weighted by Crippen LogP contribution is -2.36. The molecule has 2 heterocycles. The molecule has 3 rings (SSSR count). The van der Waals surface area contributed by atoms with Crippen LogP contribution in [0.15, 0.2) is 43.0 Å². The van der Waals surface area contributed by atoms with E-state index in [0.29, 0.717) is 13.0 Å². The van der Waals surface area contributed by atoms with Gasteiger partial charge in [0.15, 0.2) is 9.84 Å². The molecule has 0 radical (unpaired) electrons. The lowest BCUT2D eigenvalue weighted by molar-refractivity contribution is -0.131. The summed E-state index contributed by atoms with van der Waals surface area (Å²) in [6.07, 6.45) is 3.25. The van der Waals surface area contributed by atoms with Crippen LogP contribution in [0.3, 0.4) is 0 Å². The van der Waals surface area contributed by atoms with Crippen LogP contribution >= 0.6 is 0 Å². The summed E-state index contributed by atoms with van der Waals surface area (Å²) in [5.41, 5.74) is 0.790. The van der Waals surface area contributed by atoms with Crippen molar-refractivity contribution < 1.29 is 13.2 Å². The van der Waals surface area contributed by atoms with E-state index in [2.05, 4.69) is 10.1 Å². The molecule has 7 nitrogen and oxygen atoms in total. The van der Waals surface area contributed by atoms with Crippen LogP contribution in [0.4, 0.5) is 0 Å². The Balaban J connectivity index is 1.73. The average Bonchev–Trinajstić information content (AvgIpc) is 2.98. The minimum atomic E-state index is -3.27. The number of nitrogens with zero attached hydrogens (tertiary/aromatic N) is 4. The van der Waals surface area contributed by atoms with Gasteiger partial charge in [0.25, 0.3) is 0 Å². The first kappa shape index (κ1) is 15.7. The van der Waals surface area contributed by atoms with E-state index in [1.165, 1.54) is 17.3 Å². The molecule has 1 aromatic carbocycles. The van der Waals surface area contributed by atoms with Gasteiger partial charge < -0.3 is 4.90 Å². The molecule has 1 atom stereocenters. The van der Waals surface area contributed by atoms with E-state index in [1.54, 1.807) is 4.90 Å². The van der Waals surface area contributed by atoms with E-state index in [0.717, 1.165) is 5.56 Å². The van der Waals surface area contributed by atoms with Gasteiger partial charge >= 0.3 is 0 Å². The highest BCUT2D eigenvalue weighted by atomic mass is 32.2. The summed E-state index contributed by atoms with van der Waals surface area (Å²) in [4.78, 5) is 17.7. The summed E-state index contributed by atoms with van der Waals surface area (Å²) in [5.74, 6) is -0.158. The monoisotopic (exact) mass is 334 g/mol. The Hall–Kier alpha value is -2.22. The largest absolute Gasteiger partial charge is 0.340 e. The Labute approximate surface area is 134 Å². The fourth-order valence-electron chi connectivity index (χ4n) is 2.79. The topological polar surface area (TPSA) is 85.2 Å². The van der Waals surface area contributed by atoms with Gasteiger partial charge in [-0.25, -0.2) is 18.1 Å². The van der Waals surface area contributed by atoms with E-state index >= 15 is 0 Å². The van der Waals surface area contributed by atoms with Crippen molar-refractivity contribution in [3.05, 3.63) is 48.5 Å². The second-order valence-corrected chi connectivity index (χ2v) is 7.83. The van der Waals surface area contributed by atoms with Crippen molar-refractivity contribution in [3.63, 3.8) is 0 Å². The Morgan fingerprint density at radius 3 is 2.70 bits per heavy atom. The predicted octanol–water partition coefficient (Wildman–Crippen LogP) is 0.667. The third-order valence-electron chi connectivity index (χ3n) is 4.03. The second kappa shape index (κ2) is 6.49. The molecule has 1 aromatic heterocycles. The maximum Gasteiger partial charge on any atom is 0.244 e. The van der Waals surface area contributed by atoms with Gasteiger partial charge in [0, 0.05) is 13.1 Å². The third kappa shape index (κ3) is 3.58. The average molecular weight is 334 g/mol. The Bertz CT molecular complexity index is 759. The summed E-state index contributed by atoms with van der Waals surface area (Å²) in [6, 6.07) is 9.19. The molecule has 1 aliphatic rings. The van der Waals surface area contributed by atoms with E-state index in [4.69, 9.17) is 0 Å². The van der Waals surface area contributed by atoms with Crippen molar-refractivity contribution in [3.8, 4) is 0 Å². The molecule has 0 saturated carbocycles. The lowest BCUT2D eigenvalue weighted by atomic mass is 10.1. The second-order valence-electron chi connectivity index (χ2n) is 5.53. The number of benzene rings is 1. The van der Waals surface area contributed by atoms with Crippen LogP contribution < -0.4 is 0 Å². The van der Waals surface area contributed by atoms with Crippen molar-refractivity contribution in [2.24, 2.45) is 0 Å². The highest BCUT2D eigenvalue weighted by Gasteiger charge is 2.32. The van der Waals surface area contributed by atoms with Gasteiger partial charge in [-0.2, -0.15) is 5.10 Å². The zero-order valence-corrected chi connectivity index (χ0v) is 13.4. The highest BCUT2D eigenvalue weighted by Crippen LogP contribution is 2.29. The Kier molecular flexibility index (Phi) is 4.42. The van der Waals surface area contributed by atoms with Crippen LogP contribution in [-0.4, -0.2) is 52.8 Å². The quantitative estimate of drug-likeness (QED) is 0.823. The highest BCUT2D eigenvalue weighted by molar-refractivity contribution is 7.91. The number of amides is 1. The van der Waals surface area contributed by atoms with Gasteiger partial charge in [0.2, 0.25) is 5.91 Å². The van der Waals surface area contributed by atoms with E-state index < -0.39 is 15.1 Å². The molecule has 0 aliphatic carbocycles. The van der Waals surface area contributed by atoms with Crippen LogP contribution in [-0.2, 0) is 21.2 Å². The molecule has 1 amide bonds. The van der Waals surface area contributed by atoms with Gasteiger partial charge in [-0.15, -0.1) is 0 Å². The van der Waals surface area contributed by atoms with Gasteiger partial charge in [-0.05, 0) is 12.0 Å². The lowest BCUT2D eigenvalue weighted by Gasteiger charge is -2.19. The Morgan fingerprint density at radius 1 is 1.22 bits per heavy atom. The van der Waals surface area contributed by atoms with E-state index in [9.17, 15) is 13.2 Å². The van der Waals surface area contributed by atoms with E-state index in [1.807, 2.05) is 30.3 Å². The SMILES string of the molecule is O=C(Cn1cncn1)N1CC[C@H](c2ccccc2)S(=O)(=O)CC1. The number of hydrogen-bond donors (Lipinski definition) is 0. The van der Waals surface area contributed by atoms with Gasteiger partial charge in [-0.1, -0.05) is 30.3 Å². The molecule has 0 bridgehead atoms. The molecular weight excluding hydrogens is 316 g/mol. The van der Waals surface area contributed by atoms with Crippen molar-refractivity contribution in [1.29, 1.82) is 0 Å². The maximum atomic E-state index is 12.5. The molecule has 1 aliphatic heterocycles. The van der Waals surface area contributed by atoms with Gasteiger partial charge in [0.1, 0.15) is 19.2 Å². The molecule has 1 saturated heterocycles. The van der Waals surface area contributed by atoms with Crippen molar-refractivity contribution >= 4 is 15.7 Å². The van der Waals surface area contributed by atoms with Gasteiger partial charge in [0.05, 0.1) is 11.0 Å². The standard InChI is InChI=1S/C15H18N4O3S/c20-15(10-19-12-16-11-17-19)18-7-6-14(23(21,22)9-8-18)13-4-2-1-3-5-13/h1-5,11-12,14H,6-10H2/t14-/m1/s1. The minimum absolute atomic E-state index is 0.0182. The summed E-state index contributed by atoms with van der Waals surface area (Å²) in [5, 5.41) is 3.36. The van der Waals surface area contributed by atoms with Crippen molar-refractivity contribution in [2.45, 2.75) is 18.2 Å². The van der Waals surface area contributed by atoms with Crippen LogP contribution in [0.5, 0.6) is 0 Å². The Morgan fingerprint density at radius 2 is 2.00 bits per heavy atom. The number of rotatable bonds is 3. The summed E-state index contributed by atoms with van der Waals surface area (Å²) in [7, 11) is -3.27. The first-order valence-electron chi connectivity index (χ1n) is 7.43. The zero-order chi connectivity index (χ0) is 16.3. The number of carbonyl (C=O) groups excluding carboxylic acids is 1. The normalized spacial score (nSPS) is 20.9. The first-order valence-corrected chi connectivity index (χ1v) is 9.14. The van der Waals surface area contributed by atoms with Gasteiger partial charge in [-0.3, -0.25) is 4.79 Å². The summed E-state index contributed by atoms with van der Waals surface area (Å²) in [6.45, 7) is 0.724. The fourth-order valence-corrected chi connectivity index (χ4v) is 4.58. The molecule has 23 heavy (non-hydrogen) atoms. The molecule has 1 fully saturated rings. The number of hydrogen-bond acceptors (Lipinski definition) is 5. The van der Waals surface area contributed by atoms with Crippen molar-refractivity contribution in [1.82, 2.24) is 19.7 Å². The summed E-state index contributed by atoms with van der Waals surface area (Å²) >= 11 is 0. The van der Waals surface area contributed by atoms with Crippen LogP contribution in [0, 0.1) is 0 Å². The molecular formula is C15H18N4O3S. The molecule has 122 valence electrons. The summed E-state index contributed by atoms with van der Waals surface area (Å²) < 4.78 is 26.5. The zero-order valence-electron chi connectivity index (χ0n) is 12.6. The fraction of sp³-hybridized carbons (Fsp3) is 0.400. The number of sulfone groups is 1. The molecule has 0 N–H and O–H groups in total. The first-order chi connectivity index (χ1) is 11.1. The minimum Gasteiger partial charge on any atom is -0.340 e. The number of aromatic nitrogens is 3. The smallest absolute Gasteiger partial charge is 0.244 e. The van der Waals surface area contributed by atoms with Crippen LogP contribution in [0.1, 0.15) is 17.2 Å². The predicted molar refractivity (Wildman–Crippen MR) is 84.2 cm³/mol. The van der Waals surface area contributed by atoms with Crippen LogP contribution in [0.25, 0.3) is 0 Å². The molecule has 0 spiro atoms. The maximum absolute atomic E-state index is 12.5.